The zero-order valence-electron chi connectivity index (χ0n) is 7.43. The summed E-state index contributed by atoms with van der Waals surface area (Å²) < 4.78 is 1.85. The van der Waals surface area contributed by atoms with E-state index in [9.17, 15) is 0 Å². The van der Waals surface area contributed by atoms with Gasteiger partial charge in [0, 0.05) is 13.1 Å². The van der Waals surface area contributed by atoms with Crippen molar-refractivity contribution in [2.75, 3.05) is 18.0 Å². The Hall–Kier alpha value is 0.0300. The van der Waals surface area contributed by atoms with Crippen LogP contribution >= 0.6 is 34.5 Å². The van der Waals surface area contributed by atoms with E-state index >= 15 is 0 Å². The molecule has 13 heavy (non-hydrogen) atoms. The molecular weight excluding hydrogens is 300 g/mol. The number of aryl methyl sites for hydroxylation is 1. The molecule has 1 aromatic heterocycles. The molecule has 0 saturated carbocycles. The molecular formula is C8H11ClIN3. The fourth-order valence-corrected chi connectivity index (χ4v) is 2.90. The van der Waals surface area contributed by atoms with Gasteiger partial charge in [0.2, 0.25) is 0 Å². The summed E-state index contributed by atoms with van der Waals surface area (Å²) in [6.07, 6.45) is 2.52. The lowest BCUT2D eigenvalue weighted by Gasteiger charge is -2.16. The zero-order valence-corrected chi connectivity index (χ0v) is 10.3. The molecule has 0 spiro atoms. The van der Waals surface area contributed by atoms with Crippen molar-refractivity contribution in [3.8, 4) is 0 Å². The van der Waals surface area contributed by atoms with Gasteiger partial charge < -0.3 is 4.90 Å². The minimum atomic E-state index is 0.802. The van der Waals surface area contributed by atoms with Crippen LogP contribution in [-0.2, 0) is 0 Å². The average Bonchev–Trinajstić information content (AvgIpc) is 2.63. The van der Waals surface area contributed by atoms with Crippen LogP contribution in [0.15, 0.2) is 0 Å². The van der Waals surface area contributed by atoms with E-state index < -0.39 is 0 Å². The molecule has 5 heteroatoms. The van der Waals surface area contributed by atoms with Crippen molar-refractivity contribution in [3.05, 3.63) is 10.7 Å². The molecule has 0 atom stereocenters. The molecule has 0 amide bonds. The summed E-state index contributed by atoms with van der Waals surface area (Å²) in [6.45, 7) is 4.15. The predicted octanol–water partition coefficient (Wildman–Crippen LogP) is 2.64. The Morgan fingerprint density at radius 3 is 2.46 bits per heavy atom. The Kier molecular flexibility index (Phi) is 2.69. The fourth-order valence-electron chi connectivity index (χ4n) is 1.65. The molecule has 0 bridgehead atoms. The Morgan fingerprint density at radius 2 is 2.00 bits per heavy atom. The minimum absolute atomic E-state index is 0.802. The lowest BCUT2D eigenvalue weighted by molar-refractivity contribution is 0.905. The normalized spacial score (nSPS) is 17.0. The summed E-state index contributed by atoms with van der Waals surface area (Å²) in [6, 6.07) is 0. The van der Waals surface area contributed by atoms with Crippen LogP contribution in [0.5, 0.6) is 0 Å². The molecule has 1 aliphatic rings. The first kappa shape index (κ1) is 9.58. The van der Waals surface area contributed by atoms with Gasteiger partial charge in [-0.25, -0.2) is 0 Å². The van der Waals surface area contributed by atoms with Crippen LogP contribution in [-0.4, -0.2) is 21.1 Å². The molecule has 0 aromatic carbocycles. The summed E-state index contributed by atoms with van der Waals surface area (Å²) in [5, 5.41) is 5.09. The smallest absolute Gasteiger partial charge is 0.156 e. The van der Waals surface area contributed by atoms with Crippen molar-refractivity contribution in [1.82, 2.24) is 7.99 Å². The number of anilines is 1. The number of nitrogens with zero attached hydrogens (tertiary/aromatic N) is 3. The Balaban J connectivity index is 2.37. The van der Waals surface area contributed by atoms with Gasteiger partial charge in [0.25, 0.3) is 0 Å². The third-order valence-corrected chi connectivity index (χ3v) is 3.45. The maximum Gasteiger partial charge on any atom is 0.156 e. The number of hydrogen-bond donors (Lipinski definition) is 0. The van der Waals surface area contributed by atoms with Gasteiger partial charge in [0.15, 0.2) is 5.82 Å². The monoisotopic (exact) mass is 311 g/mol. The molecule has 1 saturated heterocycles. The van der Waals surface area contributed by atoms with Gasteiger partial charge >= 0.3 is 0 Å². The standard InChI is InChI=1S/C8H11ClIN3/c1-6-7(9)8(13(10)11-6)12-4-2-3-5-12/h2-5H2,1H3. The van der Waals surface area contributed by atoms with Crippen molar-refractivity contribution in [1.29, 1.82) is 0 Å². The number of halogens is 2. The van der Waals surface area contributed by atoms with E-state index in [1.54, 1.807) is 0 Å². The third-order valence-electron chi connectivity index (χ3n) is 2.33. The Bertz CT molecular complexity index is 317. The summed E-state index contributed by atoms with van der Waals surface area (Å²) in [5.41, 5.74) is 0.915. The van der Waals surface area contributed by atoms with Crippen molar-refractivity contribution in [3.63, 3.8) is 0 Å². The highest BCUT2D eigenvalue weighted by atomic mass is 127. The molecule has 0 unspecified atom stereocenters. The van der Waals surface area contributed by atoms with Crippen LogP contribution in [0.1, 0.15) is 18.5 Å². The molecule has 3 nitrogen and oxygen atoms in total. The van der Waals surface area contributed by atoms with Crippen LogP contribution in [0, 0.1) is 6.92 Å². The Morgan fingerprint density at radius 1 is 1.38 bits per heavy atom. The predicted molar refractivity (Wildman–Crippen MR) is 62.8 cm³/mol. The van der Waals surface area contributed by atoms with Crippen LogP contribution in [0.2, 0.25) is 5.02 Å². The first-order valence-corrected chi connectivity index (χ1v) is 5.70. The summed E-state index contributed by atoms with van der Waals surface area (Å²) >= 11 is 8.34. The second kappa shape index (κ2) is 3.65. The van der Waals surface area contributed by atoms with Gasteiger partial charge in [-0.2, -0.15) is 7.99 Å². The van der Waals surface area contributed by atoms with E-state index in [-0.39, 0.29) is 0 Å². The maximum absolute atomic E-state index is 6.16. The van der Waals surface area contributed by atoms with E-state index in [0.29, 0.717) is 0 Å². The zero-order chi connectivity index (χ0) is 9.42. The molecule has 72 valence electrons. The summed E-state index contributed by atoms with van der Waals surface area (Å²) in [7, 11) is 0. The van der Waals surface area contributed by atoms with Gasteiger partial charge in [-0.15, -0.1) is 0 Å². The van der Waals surface area contributed by atoms with Gasteiger partial charge in [-0.05, 0) is 19.8 Å². The van der Waals surface area contributed by atoms with Gasteiger partial charge in [0.05, 0.1) is 28.6 Å². The maximum atomic E-state index is 6.16. The van der Waals surface area contributed by atoms with Crippen LogP contribution in [0.4, 0.5) is 5.82 Å². The molecule has 1 fully saturated rings. The van der Waals surface area contributed by atoms with Crippen molar-refractivity contribution >= 4 is 40.3 Å². The molecule has 0 N–H and O–H groups in total. The molecule has 1 aliphatic heterocycles. The second-order valence-electron chi connectivity index (χ2n) is 3.28. The van der Waals surface area contributed by atoms with E-state index in [2.05, 4.69) is 32.9 Å². The molecule has 2 rings (SSSR count). The lowest BCUT2D eigenvalue weighted by atomic mass is 10.4. The van der Waals surface area contributed by atoms with Crippen molar-refractivity contribution in [2.45, 2.75) is 19.8 Å². The van der Waals surface area contributed by atoms with Gasteiger partial charge in [0.1, 0.15) is 5.02 Å². The number of hydrogen-bond acceptors (Lipinski definition) is 2. The first-order valence-electron chi connectivity index (χ1n) is 4.36. The first-order chi connectivity index (χ1) is 6.20. The topological polar surface area (TPSA) is 21.1 Å². The molecule has 1 aromatic rings. The number of rotatable bonds is 1. The quantitative estimate of drug-likeness (QED) is 0.744. The van der Waals surface area contributed by atoms with Crippen molar-refractivity contribution in [2.24, 2.45) is 0 Å². The minimum Gasteiger partial charge on any atom is -0.355 e. The SMILES string of the molecule is Cc1nn(I)c(N2CCCC2)c1Cl. The van der Waals surface area contributed by atoms with E-state index in [4.69, 9.17) is 11.6 Å². The van der Waals surface area contributed by atoms with Gasteiger partial charge in [-0.1, -0.05) is 11.6 Å². The van der Waals surface area contributed by atoms with E-state index in [1.807, 2.05) is 9.82 Å². The summed E-state index contributed by atoms with van der Waals surface area (Å²) in [4.78, 5) is 2.30. The Labute approximate surface area is 96.5 Å². The molecule has 0 aliphatic carbocycles. The molecule has 2 heterocycles. The second-order valence-corrected chi connectivity index (χ2v) is 4.57. The van der Waals surface area contributed by atoms with Crippen LogP contribution < -0.4 is 4.90 Å². The average molecular weight is 312 g/mol. The van der Waals surface area contributed by atoms with E-state index in [1.165, 1.54) is 12.8 Å². The fraction of sp³-hybridized carbons (Fsp3) is 0.625. The lowest BCUT2D eigenvalue weighted by Crippen LogP contribution is -2.19. The third kappa shape index (κ3) is 1.66. The highest BCUT2D eigenvalue weighted by Crippen LogP contribution is 2.32. The van der Waals surface area contributed by atoms with E-state index in [0.717, 1.165) is 29.6 Å². The van der Waals surface area contributed by atoms with Gasteiger partial charge in [-0.3, -0.25) is 0 Å². The van der Waals surface area contributed by atoms with Crippen molar-refractivity contribution < 1.29 is 0 Å². The van der Waals surface area contributed by atoms with Crippen LogP contribution in [0.3, 0.4) is 0 Å². The summed E-state index contributed by atoms with van der Waals surface area (Å²) in [5.74, 6) is 1.07. The highest BCUT2D eigenvalue weighted by molar-refractivity contribution is 14.1. The number of aromatic nitrogens is 2. The highest BCUT2D eigenvalue weighted by Gasteiger charge is 2.21. The van der Waals surface area contributed by atoms with Crippen LogP contribution in [0.25, 0.3) is 0 Å². The largest absolute Gasteiger partial charge is 0.355 e. The molecule has 0 radical (unpaired) electrons.